The van der Waals surface area contributed by atoms with Crippen LogP contribution in [-0.4, -0.2) is 49.5 Å². The first-order chi connectivity index (χ1) is 14.4. The van der Waals surface area contributed by atoms with E-state index in [-0.39, 0.29) is 17.9 Å². The highest BCUT2D eigenvalue weighted by Gasteiger charge is 2.22. The molecule has 0 aliphatic rings. The van der Waals surface area contributed by atoms with Crippen LogP contribution in [0.3, 0.4) is 0 Å². The highest BCUT2D eigenvalue weighted by atomic mass is 16.5. The van der Waals surface area contributed by atoms with Gasteiger partial charge in [0.25, 0.3) is 5.91 Å². The first kappa shape index (κ1) is 20.9. The van der Waals surface area contributed by atoms with Gasteiger partial charge in [0.05, 0.1) is 14.2 Å². The Labute approximate surface area is 173 Å². The summed E-state index contributed by atoms with van der Waals surface area (Å²) in [4.78, 5) is 40.1. The number of benzene rings is 2. The molecular formula is C22H22N2O6. The van der Waals surface area contributed by atoms with Gasteiger partial charge in [-0.1, -0.05) is 18.2 Å². The number of carbonyl (C=O) groups is 3. The molecule has 1 heterocycles. The highest BCUT2D eigenvalue weighted by Crippen LogP contribution is 2.22. The van der Waals surface area contributed by atoms with Gasteiger partial charge >= 0.3 is 5.97 Å². The van der Waals surface area contributed by atoms with Crippen molar-refractivity contribution in [2.24, 2.45) is 0 Å². The second-order valence-corrected chi connectivity index (χ2v) is 6.53. The summed E-state index contributed by atoms with van der Waals surface area (Å²) < 4.78 is 15.4. The Kier molecular flexibility index (Phi) is 6.36. The summed E-state index contributed by atoms with van der Waals surface area (Å²) in [6, 6.07) is 12.0. The molecule has 0 aliphatic carbocycles. The van der Waals surface area contributed by atoms with Gasteiger partial charge in [-0.2, -0.15) is 0 Å². The predicted molar refractivity (Wildman–Crippen MR) is 110 cm³/mol. The zero-order valence-electron chi connectivity index (χ0n) is 16.9. The third-order valence-electron chi connectivity index (χ3n) is 4.54. The van der Waals surface area contributed by atoms with Crippen LogP contribution in [-0.2, 0) is 9.53 Å². The Bertz CT molecular complexity index is 1070. The second-order valence-electron chi connectivity index (χ2n) is 6.53. The Morgan fingerprint density at radius 3 is 2.37 bits per heavy atom. The van der Waals surface area contributed by atoms with E-state index in [0.717, 1.165) is 10.9 Å². The van der Waals surface area contributed by atoms with Crippen molar-refractivity contribution in [1.29, 1.82) is 0 Å². The van der Waals surface area contributed by atoms with Crippen LogP contribution in [0.25, 0.3) is 10.9 Å². The zero-order valence-corrected chi connectivity index (χ0v) is 16.9. The fourth-order valence-corrected chi connectivity index (χ4v) is 2.98. The molecule has 1 atom stereocenters. The summed E-state index contributed by atoms with van der Waals surface area (Å²) in [6.07, 6.45) is 0.598. The number of ketones is 1. The number of ether oxygens (including phenoxy) is 3. The van der Waals surface area contributed by atoms with Crippen molar-refractivity contribution in [1.82, 2.24) is 10.3 Å². The third-order valence-corrected chi connectivity index (χ3v) is 4.54. The molecule has 0 radical (unpaired) electrons. The maximum absolute atomic E-state index is 12.6. The highest BCUT2D eigenvalue weighted by molar-refractivity contribution is 6.10. The summed E-state index contributed by atoms with van der Waals surface area (Å²) in [7, 11) is 2.94. The summed E-state index contributed by atoms with van der Waals surface area (Å²) >= 11 is 0. The number of amides is 1. The molecule has 1 amide bonds. The van der Waals surface area contributed by atoms with Gasteiger partial charge in [0.2, 0.25) is 5.78 Å². The van der Waals surface area contributed by atoms with E-state index in [2.05, 4.69) is 10.3 Å². The van der Waals surface area contributed by atoms with Crippen LogP contribution < -0.4 is 14.8 Å². The summed E-state index contributed by atoms with van der Waals surface area (Å²) in [5.41, 5.74) is 1.53. The number of hydrogen-bond donors (Lipinski definition) is 2. The number of hydrogen-bond acceptors (Lipinski definition) is 6. The minimum Gasteiger partial charge on any atom is -0.497 e. The first-order valence-corrected chi connectivity index (χ1v) is 9.24. The molecule has 1 aromatic heterocycles. The van der Waals surface area contributed by atoms with Gasteiger partial charge in [0.1, 0.15) is 18.0 Å². The molecule has 0 bridgehead atoms. The molecule has 156 valence electrons. The number of para-hydroxylation sites is 1. The van der Waals surface area contributed by atoms with Crippen molar-refractivity contribution in [3.63, 3.8) is 0 Å². The molecule has 0 saturated carbocycles. The molecule has 2 N–H and O–H groups in total. The van der Waals surface area contributed by atoms with Crippen molar-refractivity contribution in [3.05, 3.63) is 59.8 Å². The first-order valence-electron chi connectivity index (χ1n) is 9.24. The molecule has 8 heteroatoms. The molecule has 0 aliphatic heterocycles. The number of aromatic amines is 1. The lowest BCUT2D eigenvalue weighted by Gasteiger charge is -2.13. The Hall–Kier alpha value is -3.81. The lowest BCUT2D eigenvalue weighted by Crippen LogP contribution is -2.34. The van der Waals surface area contributed by atoms with Crippen molar-refractivity contribution < 1.29 is 28.6 Å². The summed E-state index contributed by atoms with van der Waals surface area (Å²) in [5, 5.41) is 3.22. The van der Waals surface area contributed by atoms with Gasteiger partial charge in [-0.25, -0.2) is 0 Å². The van der Waals surface area contributed by atoms with E-state index in [1.165, 1.54) is 33.3 Å². The molecule has 0 fully saturated rings. The second kappa shape index (κ2) is 9.13. The van der Waals surface area contributed by atoms with Crippen LogP contribution in [0.2, 0.25) is 0 Å². The molecule has 3 rings (SSSR count). The molecule has 0 spiro atoms. The van der Waals surface area contributed by atoms with Crippen LogP contribution in [0.4, 0.5) is 0 Å². The smallest absolute Gasteiger partial charge is 0.326 e. The number of fused-ring (bicyclic) bond motifs is 1. The van der Waals surface area contributed by atoms with Crippen LogP contribution >= 0.6 is 0 Å². The summed E-state index contributed by atoms with van der Waals surface area (Å²) in [6.45, 7) is 1.11. The fraction of sp³-hybridized carbons (Fsp3) is 0.227. The normalized spacial score (nSPS) is 11.6. The number of H-pyrrole nitrogens is 1. The van der Waals surface area contributed by atoms with E-state index in [1.807, 2.05) is 24.3 Å². The number of carbonyl (C=O) groups excluding carboxylic acids is 3. The minimum atomic E-state index is -0.995. The van der Waals surface area contributed by atoms with E-state index in [9.17, 15) is 14.4 Å². The van der Waals surface area contributed by atoms with Crippen LogP contribution in [0.5, 0.6) is 11.5 Å². The van der Waals surface area contributed by atoms with E-state index >= 15 is 0 Å². The van der Waals surface area contributed by atoms with Gasteiger partial charge in [-0.15, -0.1) is 0 Å². The number of Topliss-reactive ketones (excluding diaryl/α,β-unsaturated/α-hetero) is 1. The van der Waals surface area contributed by atoms with Gasteiger partial charge in [0.15, 0.2) is 6.10 Å². The van der Waals surface area contributed by atoms with E-state index < -0.39 is 18.0 Å². The Morgan fingerprint density at radius 1 is 1.03 bits per heavy atom. The summed E-state index contributed by atoms with van der Waals surface area (Å²) in [5.74, 6) is -0.664. The lowest BCUT2D eigenvalue weighted by atomic mass is 10.1. The molecule has 2 aromatic carbocycles. The fourth-order valence-electron chi connectivity index (χ4n) is 2.98. The zero-order chi connectivity index (χ0) is 21.7. The van der Waals surface area contributed by atoms with Crippen molar-refractivity contribution >= 4 is 28.6 Å². The molecular weight excluding hydrogens is 388 g/mol. The Morgan fingerprint density at radius 2 is 1.70 bits per heavy atom. The molecule has 3 aromatic rings. The van der Waals surface area contributed by atoms with E-state index in [0.29, 0.717) is 17.1 Å². The SMILES string of the molecule is COc1cc(OC)cc(C(=O)NCC(=O)O[C@H](C)C(=O)c2c[nH]c3ccccc23)c1. The topological polar surface area (TPSA) is 107 Å². The molecule has 0 saturated heterocycles. The number of nitrogens with one attached hydrogen (secondary N) is 2. The van der Waals surface area contributed by atoms with Crippen LogP contribution in [0.15, 0.2) is 48.7 Å². The maximum atomic E-state index is 12.6. The van der Waals surface area contributed by atoms with Crippen molar-refractivity contribution in [2.45, 2.75) is 13.0 Å². The van der Waals surface area contributed by atoms with Crippen molar-refractivity contribution in [2.75, 3.05) is 20.8 Å². The standard InChI is InChI=1S/C22H22N2O6/c1-13(21(26)18-11-23-19-7-5-4-6-17(18)19)30-20(25)12-24-22(27)14-8-15(28-2)10-16(9-14)29-3/h4-11,13,23H,12H2,1-3H3,(H,24,27)/t13-/m1/s1. The van der Waals surface area contributed by atoms with E-state index in [4.69, 9.17) is 14.2 Å². The Balaban J connectivity index is 1.59. The van der Waals surface area contributed by atoms with Gasteiger partial charge in [-0.3, -0.25) is 14.4 Å². The largest absolute Gasteiger partial charge is 0.497 e. The van der Waals surface area contributed by atoms with Crippen LogP contribution in [0, 0.1) is 0 Å². The van der Waals surface area contributed by atoms with Gasteiger partial charge in [0, 0.05) is 34.3 Å². The molecule has 30 heavy (non-hydrogen) atoms. The monoisotopic (exact) mass is 410 g/mol. The van der Waals surface area contributed by atoms with Gasteiger partial charge < -0.3 is 24.5 Å². The molecule has 8 nitrogen and oxygen atoms in total. The minimum absolute atomic E-state index is 0.266. The van der Waals surface area contributed by atoms with Gasteiger partial charge in [-0.05, 0) is 25.1 Å². The number of esters is 1. The predicted octanol–water partition coefficient (Wildman–Crippen LogP) is 2.73. The average molecular weight is 410 g/mol. The van der Waals surface area contributed by atoms with E-state index in [1.54, 1.807) is 12.3 Å². The van der Waals surface area contributed by atoms with Crippen LogP contribution in [0.1, 0.15) is 27.6 Å². The maximum Gasteiger partial charge on any atom is 0.326 e. The average Bonchev–Trinajstić information content (AvgIpc) is 3.20. The van der Waals surface area contributed by atoms with Crippen molar-refractivity contribution in [3.8, 4) is 11.5 Å². The number of aromatic nitrogens is 1. The molecule has 0 unspecified atom stereocenters. The lowest BCUT2D eigenvalue weighted by molar-refractivity contribution is -0.145. The number of methoxy groups -OCH3 is 2. The third kappa shape index (κ3) is 4.60. The quantitative estimate of drug-likeness (QED) is 0.437. The number of rotatable bonds is 8.